The van der Waals surface area contributed by atoms with Gasteiger partial charge in [0.2, 0.25) is 0 Å². The first-order valence-corrected chi connectivity index (χ1v) is 4.05. The zero-order chi connectivity index (χ0) is 8.93. The highest BCUT2D eigenvalue weighted by molar-refractivity contribution is 5.13. The van der Waals surface area contributed by atoms with Gasteiger partial charge in [0.15, 0.2) is 0 Å². The number of aromatic nitrogens is 4. The van der Waals surface area contributed by atoms with Gasteiger partial charge in [-0.1, -0.05) is 11.3 Å². The summed E-state index contributed by atoms with van der Waals surface area (Å²) in [4.78, 5) is 4.19. The summed E-state index contributed by atoms with van der Waals surface area (Å²) in [5, 5.41) is 10.1. The topological polar surface area (TPSA) is 54.5 Å². The average molecular weight is 173 g/mol. The number of H-pyrrole nitrogens is 1. The Morgan fingerprint density at radius 1 is 1.38 bits per heavy atom. The Hall–Kier alpha value is -1.71. The van der Waals surface area contributed by atoms with Crippen molar-refractivity contribution in [2.75, 3.05) is 0 Å². The van der Waals surface area contributed by atoms with E-state index in [1.807, 2.05) is 24.6 Å². The van der Waals surface area contributed by atoms with E-state index in [0.29, 0.717) is 0 Å². The van der Waals surface area contributed by atoms with Gasteiger partial charge in [-0.3, -0.25) is 10.1 Å². The molecule has 0 saturated carbocycles. The summed E-state index contributed by atoms with van der Waals surface area (Å²) >= 11 is 0. The molecule has 13 heavy (non-hydrogen) atoms. The third-order valence-corrected chi connectivity index (χ3v) is 1.68. The van der Waals surface area contributed by atoms with Gasteiger partial charge in [0, 0.05) is 24.5 Å². The van der Waals surface area contributed by atoms with E-state index in [1.165, 1.54) is 0 Å². The molecule has 0 aliphatic heterocycles. The number of hydrogen-bond donors (Lipinski definition) is 1. The molecule has 2 aromatic heterocycles. The van der Waals surface area contributed by atoms with E-state index in [0.717, 1.165) is 17.8 Å². The van der Waals surface area contributed by atoms with E-state index >= 15 is 0 Å². The Balaban J connectivity index is 1.94. The molecule has 0 saturated heterocycles. The minimum absolute atomic E-state index is 0.785. The fraction of sp³-hybridized carbons (Fsp3) is 0.111. The summed E-state index contributed by atoms with van der Waals surface area (Å²) in [7, 11) is 0. The molecule has 0 fully saturated rings. The van der Waals surface area contributed by atoms with Crippen molar-refractivity contribution in [1.82, 2.24) is 20.4 Å². The highest BCUT2D eigenvalue weighted by atomic mass is 15.3. The molecule has 1 N–H and O–H groups in total. The van der Waals surface area contributed by atoms with Crippen LogP contribution in [0, 0.1) is 6.42 Å². The van der Waals surface area contributed by atoms with Crippen molar-refractivity contribution in [2.45, 2.75) is 6.42 Å². The van der Waals surface area contributed by atoms with Gasteiger partial charge in [-0.05, 0) is 18.6 Å². The van der Waals surface area contributed by atoms with E-state index in [1.54, 1.807) is 12.4 Å². The minimum atomic E-state index is 0.785. The largest absolute Gasteiger partial charge is 0.265 e. The predicted octanol–water partition coefficient (Wildman–Crippen LogP) is 0.995. The molecular formula is C9H9N4. The third-order valence-electron chi connectivity index (χ3n) is 1.68. The Morgan fingerprint density at radius 2 is 2.38 bits per heavy atom. The van der Waals surface area contributed by atoms with Crippen LogP contribution < -0.4 is 0 Å². The van der Waals surface area contributed by atoms with E-state index in [4.69, 9.17) is 0 Å². The molecule has 0 spiro atoms. The number of hydrogen-bond acceptors (Lipinski definition) is 3. The number of nitrogens with one attached hydrogen (secondary N) is 1. The zero-order valence-corrected chi connectivity index (χ0v) is 7.01. The van der Waals surface area contributed by atoms with E-state index in [-0.39, 0.29) is 0 Å². The second kappa shape index (κ2) is 3.80. The maximum Gasteiger partial charge on any atom is 0.0866 e. The molecule has 0 aromatic carbocycles. The molecule has 1 radical (unpaired) electrons. The summed E-state index contributed by atoms with van der Waals surface area (Å²) in [6.45, 7) is 0. The van der Waals surface area contributed by atoms with Gasteiger partial charge in [-0.15, -0.1) is 5.10 Å². The second-order valence-electron chi connectivity index (χ2n) is 2.63. The van der Waals surface area contributed by atoms with Crippen molar-refractivity contribution < 1.29 is 0 Å². The van der Waals surface area contributed by atoms with Gasteiger partial charge >= 0.3 is 0 Å². The summed E-state index contributed by atoms with van der Waals surface area (Å²) in [5.74, 6) is 0. The van der Waals surface area contributed by atoms with Crippen molar-refractivity contribution in [3.63, 3.8) is 0 Å². The van der Waals surface area contributed by atoms with Crippen molar-refractivity contribution in [2.24, 2.45) is 0 Å². The van der Waals surface area contributed by atoms with Gasteiger partial charge < -0.3 is 0 Å². The molecule has 4 heteroatoms. The summed E-state index contributed by atoms with van der Waals surface area (Å²) in [6.07, 6.45) is 6.30. The molecule has 4 nitrogen and oxygen atoms in total. The summed E-state index contributed by atoms with van der Waals surface area (Å²) in [5.41, 5.74) is 1.89. The molecule has 0 aliphatic carbocycles. The molecular weight excluding hydrogens is 164 g/mol. The standard InChI is InChI=1S/C9H9N4/c1-2-6-10-8(3-1)4-5-9-7-11-13-12-9/h1-3,5-7H,4H2,(H,11,12,13). The van der Waals surface area contributed by atoms with Crippen molar-refractivity contribution in [3.8, 4) is 0 Å². The fourth-order valence-electron chi connectivity index (χ4n) is 1.04. The van der Waals surface area contributed by atoms with Crippen LogP contribution in [-0.2, 0) is 6.42 Å². The summed E-state index contributed by atoms with van der Waals surface area (Å²) < 4.78 is 0. The van der Waals surface area contributed by atoms with E-state index in [9.17, 15) is 0 Å². The zero-order valence-electron chi connectivity index (χ0n) is 7.01. The maximum atomic E-state index is 4.19. The molecule has 0 aliphatic rings. The number of pyridine rings is 1. The van der Waals surface area contributed by atoms with Gasteiger partial charge in [-0.2, -0.15) is 0 Å². The van der Waals surface area contributed by atoms with Crippen LogP contribution in [0.3, 0.4) is 0 Å². The monoisotopic (exact) mass is 173 g/mol. The minimum Gasteiger partial charge on any atom is -0.265 e. The average Bonchev–Trinajstić information content (AvgIpc) is 2.69. The lowest BCUT2D eigenvalue weighted by Crippen LogP contribution is -1.91. The van der Waals surface area contributed by atoms with Crippen molar-refractivity contribution >= 4 is 0 Å². The predicted molar refractivity (Wildman–Crippen MR) is 47.7 cm³/mol. The normalized spacial score (nSPS) is 10.2. The lowest BCUT2D eigenvalue weighted by Gasteiger charge is -1.95. The summed E-state index contributed by atoms with van der Waals surface area (Å²) in [6, 6.07) is 5.86. The lowest BCUT2D eigenvalue weighted by molar-refractivity contribution is 0.922. The van der Waals surface area contributed by atoms with Crippen molar-refractivity contribution in [3.05, 3.63) is 48.4 Å². The molecule has 0 unspecified atom stereocenters. The van der Waals surface area contributed by atoms with Crippen molar-refractivity contribution in [1.29, 1.82) is 0 Å². The number of aromatic amines is 1. The molecule has 2 heterocycles. The number of nitrogens with zero attached hydrogens (tertiary/aromatic N) is 3. The Morgan fingerprint density at radius 3 is 3.08 bits per heavy atom. The van der Waals surface area contributed by atoms with Crippen LogP contribution in [0.2, 0.25) is 0 Å². The third kappa shape index (κ3) is 2.11. The molecule has 2 rings (SSSR count). The van der Waals surface area contributed by atoms with Gasteiger partial charge in [0.25, 0.3) is 0 Å². The molecule has 65 valence electrons. The Labute approximate surface area is 76.0 Å². The van der Waals surface area contributed by atoms with Crippen LogP contribution in [0.4, 0.5) is 0 Å². The highest BCUT2D eigenvalue weighted by Gasteiger charge is 1.98. The maximum absolute atomic E-state index is 4.19. The van der Waals surface area contributed by atoms with Gasteiger partial charge in [0.05, 0.1) is 5.69 Å². The van der Waals surface area contributed by atoms with E-state index < -0.39 is 0 Å². The molecule has 0 amide bonds. The molecule has 0 atom stereocenters. The first kappa shape index (κ1) is 7.91. The van der Waals surface area contributed by atoms with Crippen LogP contribution >= 0.6 is 0 Å². The van der Waals surface area contributed by atoms with E-state index in [2.05, 4.69) is 20.4 Å². The Bertz CT molecular complexity index is 341. The highest BCUT2D eigenvalue weighted by Crippen LogP contribution is 2.02. The van der Waals surface area contributed by atoms with Gasteiger partial charge in [-0.25, -0.2) is 0 Å². The van der Waals surface area contributed by atoms with Crippen LogP contribution in [0.5, 0.6) is 0 Å². The fourth-order valence-corrected chi connectivity index (χ4v) is 1.04. The van der Waals surface area contributed by atoms with Crippen LogP contribution in [0.1, 0.15) is 11.4 Å². The quantitative estimate of drug-likeness (QED) is 0.753. The van der Waals surface area contributed by atoms with Crippen LogP contribution in [-0.4, -0.2) is 20.4 Å². The van der Waals surface area contributed by atoms with Crippen LogP contribution in [0.15, 0.2) is 30.6 Å². The van der Waals surface area contributed by atoms with Gasteiger partial charge in [0.1, 0.15) is 0 Å². The lowest BCUT2D eigenvalue weighted by atomic mass is 10.2. The first-order valence-electron chi connectivity index (χ1n) is 4.05. The molecule has 0 bridgehead atoms. The SMILES string of the molecule is [CH](Cc1ccccn1)c1c[nH]nn1. The smallest absolute Gasteiger partial charge is 0.0866 e. The number of rotatable bonds is 3. The van der Waals surface area contributed by atoms with Crippen LogP contribution in [0.25, 0.3) is 0 Å². The Kier molecular flexibility index (Phi) is 2.31. The molecule has 2 aromatic rings. The first-order chi connectivity index (χ1) is 6.45. The second-order valence-corrected chi connectivity index (χ2v) is 2.63.